The van der Waals surface area contributed by atoms with Gasteiger partial charge in [-0.2, -0.15) is 0 Å². The number of hydrogen-bond acceptors (Lipinski definition) is 4. The van der Waals surface area contributed by atoms with Gasteiger partial charge >= 0.3 is 0 Å². The van der Waals surface area contributed by atoms with Crippen molar-refractivity contribution < 1.29 is 0 Å². The number of fused-ring (bicyclic) bond motifs is 2. The summed E-state index contributed by atoms with van der Waals surface area (Å²) in [5.74, 6) is 1.02. The van der Waals surface area contributed by atoms with E-state index in [-0.39, 0.29) is 0 Å². The monoisotopic (exact) mass is 371 g/mol. The van der Waals surface area contributed by atoms with Crippen molar-refractivity contribution in [3.05, 3.63) is 53.1 Å². The quantitative estimate of drug-likeness (QED) is 0.709. The third-order valence-corrected chi connectivity index (χ3v) is 6.29. The average Bonchev–Trinajstić information content (AvgIpc) is 2.79. The molecule has 4 rings (SSSR count). The first-order valence-corrected chi connectivity index (χ1v) is 9.96. The fourth-order valence-electron chi connectivity index (χ4n) is 3.41. The minimum atomic E-state index is 0.588. The van der Waals surface area contributed by atoms with Gasteiger partial charge in [0.2, 0.25) is 0 Å². The van der Waals surface area contributed by atoms with Gasteiger partial charge in [0.15, 0.2) is 0 Å². The molecule has 2 aromatic rings. The van der Waals surface area contributed by atoms with Crippen molar-refractivity contribution in [2.75, 3.05) is 26.2 Å². The minimum absolute atomic E-state index is 0.588. The Morgan fingerprint density at radius 1 is 0.960 bits per heavy atom. The van der Waals surface area contributed by atoms with Crippen LogP contribution in [-0.4, -0.2) is 47.9 Å². The molecule has 2 aliphatic heterocycles. The molecule has 25 heavy (non-hydrogen) atoms. The van der Waals surface area contributed by atoms with E-state index in [0.717, 1.165) is 48.3 Å². The van der Waals surface area contributed by atoms with Gasteiger partial charge in [0.1, 0.15) is 5.84 Å². The number of hydrogen-bond donors (Lipinski definition) is 0. The second-order valence-electron chi connectivity index (χ2n) is 6.73. The molecule has 0 aliphatic carbocycles. The van der Waals surface area contributed by atoms with E-state index in [2.05, 4.69) is 54.0 Å². The maximum absolute atomic E-state index is 6.62. The Morgan fingerprint density at radius 3 is 2.44 bits per heavy atom. The lowest BCUT2D eigenvalue weighted by Crippen LogP contribution is -2.51. The first-order chi connectivity index (χ1) is 12.1. The summed E-state index contributed by atoms with van der Waals surface area (Å²) in [6.45, 7) is 8.61. The van der Waals surface area contributed by atoms with Crippen molar-refractivity contribution in [3.63, 3.8) is 0 Å². The van der Waals surface area contributed by atoms with E-state index in [4.69, 9.17) is 16.6 Å². The van der Waals surface area contributed by atoms with Gasteiger partial charge in [-0.1, -0.05) is 41.6 Å². The largest absolute Gasteiger partial charge is 0.353 e. The number of amidine groups is 1. The van der Waals surface area contributed by atoms with Crippen LogP contribution in [0.2, 0.25) is 5.02 Å². The molecule has 0 aromatic heterocycles. The normalized spacial score (nSPS) is 17.8. The molecule has 0 N–H and O–H groups in total. The first kappa shape index (κ1) is 17.0. The lowest BCUT2D eigenvalue weighted by Gasteiger charge is -2.38. The molecule has 0 saturated carbocycles. The third kappa shape index (κ3) is 3.31. The number of para-hydroxylation sites is 1. The molecule has 0 radical (unpaired) electrons. The molecule has 0 unspecified atom stereocenters. The van der Waals surface area contributed by atoms with Crippen molar-refractivity contribution in [1.29, 1.82) is 0 Å². The Kier molecular flexibility index (Phi) is 4.76. The number of rotatable bonds is 1. The van der Waals surface area contributed by atoms with E-state index < -0.39 is 0 Å². The number of aliphatic imine (C=N–C) groups is 1. The maximum Gasteiger partial charge on any atom is 0.139 e. The van der Waals surface area contributed by atoms with Crippen molar-refractivity contribution in [2.24, 2.45) is 4.99 Å². The summed E-state index contributed by atoms with van der Waals surface area (Å²) < 4.78 is 0. The zero-order valence-electron chi connectivity index (χ0n) is 14.6. The lowest BCUT2D eigenvalue weighted by atomic mass is 10.1. The van der Waals surface area contributed by atoms with Crippen molar-refractivity contribution in [3.8, 4) is 0 Å². The molecule has 0 bridgehead atoms. The number of halogens is 1. The van der Waals surface area contributed by atoms with E-state index >= 15 is 0 Å². The zero-order chi connectivity index (χ0) is 17.4. The van der Waals surface area contributed by atoms with Gasteiger partial charge < -0.3 is 4.90 Å². The SMILES string of the molecule is CC(C)N1CCN(C2=Nc3ccccc3Sc3cccc(Cl)c32)CC1. The topological polar surface area (TPSA) is 18.8 Å². The zero-order valence-corrected chi connectivity index (χ0v) is 16.1. The molecular weight excluding hydrogens is 350 g/mol. The van der Waals surface area contributed by atoms with Gasteiger partial charge in [0.25, 0.3) is 0 Å². The molecule has 2 aromatic carbocycles. The van der Waals surface area contributed by atoms with Crippen LogP contribution in [-0.2, 0) is 0 Å². The smallest absolute Gasteiger partial charge is 0.139 e. The summed E-state index contributed by atoms with van der Waals surface area (Å²) in [5, 5.41) is 0.780. The molecule has 1 saturated heterocycles. The van der Waals surface area contributed by atoms with E-state index in [1.807, 2.05) is 12.1 Å². The highest BCUT2D eigenvalue weighted by atomic mass is 35.5. The number of piperazine rings is 1. The Hall–Kier alpha value is -1.49. The van der Waals surface area contributed by atoms with Gasteiger partial charge in [-0.15, -0.1) is 0 Å². The van der Waals surface area contributed by atoms with Crippen LogP contribution in [0.5, 0.6) is 0 Å². The molecule has 0 spiro atoms. The van der Waals surface area contributed by atoms with Gasteiger partial charge in [0, 0.05) is 47.6 Å². The van der Waals surface area contributed by atoms with Gasteiger partial charge in [-0.25, -0.2) is 4.99 Å². The van der Waals surface area contributed by atoms with Crippen LogP contribution in [0.15, 0.2) is 57.2 Å². The summed E-state index contributed by atoms with van der Waals surface area (Å²) in [6, 6.07) is 15.1. The van der Waals surface area contributed by atoms with Crippen molar-refractivity contribution in [2.45, 2.75) is 29.7 Å². The predicted molar refractivity (Wildman–Crippen MR) is 106 cm³/mol. The average molecular weight is 372 g/mol. The van der Waals surface area contributed by atoms with Gasteiger partial charge in [-0.3, -0.25) is 4.90 Å². The standard InChI is InChI=1S/C20H22ClN3S/c1-14(2)23-10-12-24(13-11-23)20-19-15(21)6-5-9-18(19)25-17-8-4-3-7-16(17)22-20/h3-9,14H,10-13H2,1-2H3. The fourth-order valence-corrected chi connectivity index (χ4v) is 4.78. The van der Waals surface area contributed by atoms with Crippen LogP contribution in [0.3, 0.4) is 0 Å². The van der Waals surface area contributed by atoms with Crippen LogP contribution in [0, 0.1) is 0 Å². The van der Waals surface area contributed by atoms with Gasteiger partial charge in [0.05, 0.1) is 10.7 Å². The van der Waals surface area contributed by atoms with Crippen LogP contribution in [0.1, 0.15) is 19.4 Å². The highest BCUT2D eigenvalue weighted by Crippen LogP contribution is 2.42. The van der Waals surface area contributed by atoms with E-state index in [0.29, 0.717) is 6.04 Å². The predicted octanol–water partition coefficient (Wildman–Crippen LogP) is 4.91. The van der Waals surface area contributed by atoms with Crippen LogP contribution < -0.4 is 0 Å². The number of benzene rings is 2. The summed E-state index contributed by atoms with van der Waals surface area (Å²) in [4.78, 5) is 12.3. The molecule has 130 valence electrons. The maximum atomic E-state index is 6.62. The highest BCUT2D eigenvalue weighted by Gasteiger charge is 2.27. The molecule has 1 fully saturated rings. The summed E-state index contributed by atoms with van der Waals surface area (Å²) >= 11 is 8.37. The molecule has 2 aliphatic rings. The van der Waals surface area contributed by atoms with Crippen molar-refractivity contribution >= 4 is 34.9 Å². The van der Waals surface area contributed by atoms with Crippen LogP contribution in [0.25, 0.3) is 0 Å². The Morgan fingerprint density at radius 2 is 1.68 bits per heavy atom. The molecular formula is C20H22ClN3S. The molecule has 2 heterocycles. The molecule has 0 amide bonds. The Bertz CT molecular complexity index is 810. The highest BCUT2D eigenvalue weighted by molar-refractivity contribution is 7.99. The second kappa shape index (κ2) is 7.02. The molecule has 3 nitrogen and oxygen atoms in total. The Labute approximate surface area is 158 Å². The van der Waals surface area contributed by atoms with Crippen LogP contribution in [0.4, 0.5) is 5.69 Å². The van der Waals surface area contributed by atoms with E-state index in [1.165, 1.54) is 9.79 Å². The van der Waals surface area contributed by atoms with Crippen molar-refractivity contribution in [1.82, 2.24) is 9.80 Å². The summed E-state index contributed by atoms with van der Waals surface area (Å²) in [7, 11) is 0. The van der Waals surface area contributed by atoms with E-state index in [9.17, 15) is 0 Å². The third-order valence-electron chi connectivity index (χ3n) is 4.85. The van der Waals surface area contributed by atoms with Gasteiger partial charge in [-0.05, 0) is 38.1 Å². The molecule has 0 atom stereocenters. The van der Waals surface area contributed by atoms with E-state index in [1.54, 1.807) is 11.8 Å². The number of nitrogens with zero attached hydrogens (tertiary/aromatic N) is 3. The Balaban J connectivity index is 1.76. The minimum Gasteiger partial charge on any atom is -0.353 e. The fraction of sp³-hybridized carbons (Fsp3) is 0.350. The summed E-state index contributed by atoms with van der Waals surface area (Å²) in [6.07, 6.45) is 0. The van der Waals surface area contributed by atoms with Crippen LogP contribution >= 0.6 is 23.4 Å². The second-order valence-corrected chi connectivity index (χ2v) is 8.23. The first-order valence-electron chi connectivity index (χ1n) is 8.77. The summed E-state index contributed by atoms with van der Waals surface area (Å²) in [5.41, 5.74) is 2.10. The lowest BCUT2D eigenvalue weighted by molar-refractivity contribution is 0.149. The molecule has 5 heteroatoms.